The number of nitrogens with zero attached hydrogens (tertiary/aromatic N) is 3. The predicted molar refractivity (Wildman–Crippen MR) is 55.9 cm³/mol. The van der Waals surface area contributed by atoms with Gasteiger partial charge in [-0.25, -0.2) is 4.79 Å². The van der Waals surface area contributed by atoms with Crippen molar-refractivity contribution in [1.82, 2.24) is 14.8 Å². The highest BCUT2D eigenvalue weighted by Crippen LogP contribution is 2.27. The number of aliphatic hydroxyl groups excluding tert-OH is 3. The first-order valence-electron chi connectivity index (χ1n) is 5.20. The van der Waals surface area contributed by atoms with E-state index in [0.29, 0.717) is 0 Å². The fourth-order valence-corrected chi connectivity index (χ4v) is 1.69. The predicted octanol–water partition coefficient (Wildman–Crippen LogP) is -2.74. The summed E-state index contributed by atoms with van der Waals surface area (Å²) in [4.78, 5) is 15.1. The maximum atomic E-state index is 11.6. The van der Waals surface area contributed by atoms with Crippen LogP contribution in [0.15, 0.2) is 11.0 Å². The minimum atomic E-state index is -1.37. The quantitative estimate of drug-likeness (QED) is 0.533. The summed E-state index contributed by atoms with van der Waals surface area (Å²) in [6.45, 7) is -0.479. The van der Waals surface area contributed by atoms with Gasteiger partial charge in [0.25, 0.3) is 0 Å². The van der Waals surface area contributed by atoms with E-state index >= 15 is 0 Å². The first-order chi connectivity index (χ1) is 8.58. The molecular formula is C9H13N3O6. The lowest BCUT2D eigenvalue weighted by atomic mass is 10.1. The highest BCUT2D eigenvalue weighted by atomic mass is 16.6. The molecular weight excluding hydrogens is 246 g/mol. The fraction of sp³-hybridized carbons (Fsp3) is 0.667. The monoisotopic (exact) mass is 259 g/mol. The van der Waals surface area contributed by atoms with Crippen LogP contribution in [0.25, 0.3) is 0 Å². The third-order valence-corrected chi connectivity index (χ3v) is 2.66. The fourth-order valence-electron chi connectivity index (χ4n) is 1.69. The van der Waals surface area contributed by atoms with E-state index in [-0.39, 0.29) is 5.88 Å². The molecule has 1 saturated heterocycles. The van der Waals surface area contributed by atoms with Gasteiger partial charge in [-0.05, 0) is 0 Å². The summed E-state index contributed by atoms with van der Waals surface area (Å²) in [6.07, 6.45) is -3.65. The zero-order valence-corrected chi connectivity index (χ0v) is 9.50. The number of rotatable bonds is 3. The SMILES string of the molecule is COc1cnn([C@@H]2O[C@H](CO)[C@@H](O)[C@H]2O)c(=O)n1. The van der Waals surface area contributed by atoms with E-state index < -0.39 is 36.8 Å². The summed E-state index contributed by atoms with van der Waals surface area (Å²) in [7, 11) is 1.33. The Labute approximate surface area is 101 Å². The van der Waals surface area contributed by atoms with E-state index in [1.807, 2.05) is 0 Å². The number of aromatic nitrogens is 3. The molecule has 9 nitrogen and oxygen atoms in total. The van der Waals surface area contributed by atoms with Gasteiger partial charge in [0.1, 0.15) is 24.5 Å². The zero-order valence-electron chi connectivity index (χ0n) is 9.50. The van der Waals surface area contributed by atoms with Crippen molar-refractivity contribution < 1.29 is 24.8 Å². The maximum absolute atomic E-state index is 11.6. The van der Waals surface area contributed by atoms with Gasteiger partial charge in [0.05, 0.1) is 13.7 Å². The normalized spacial score (nSPS) is 31.6. The van der Waals surface area contributed by atoms with Crippen LogP contribution < -0.4 is 10.4 Å². The Balaban J connectivity index is 2.30. The molecule has 0 saturated carbocycles. The van der Waals surface area contributed by atoms with Gasteiger partial charge in [0.2, 0.25) is 5.88 Å². The van der Waals surface area contributed by atoms with Crippen molar-refractivity contribution in [2.45, 2.75) is 24.5 Å². The molecule has 4 atom stereocenters. The van der Waals surface area contributed by atoms with Crippen molar-refractivity contribution in [3.05, 3.63) is 16.7 Å². The Hall–Kier alpha value is -1.55. The molecule has 0 radical (unpaired) electrons. The van der Waals surface area contributed by atoms with Crippen LogP contribution in [0.1, 0.15) is 6.23 Å². The van der Waals surface area contributed by atoms with E-state index in [0.717, 1.165) is 4.68 Å². The molecule has 1 aromatic rings. The van der Waals surface area contributed by atoms with Crippen LogP contribution in [0.5, 0.6) is 5.88 Å². The first-order valence-corrected chi connectivity index (χ1v) is 5.20. The molecule has 2 rings (SSSR count). The van der Waals surface area contributed by atoms with Crippen LogP contribution >= 0.6 is 0 Å². The van der Waals surface area contributed by atoms with Gasteiger partial charge in [-0.1, -0.05) is 0 Å². The molecule has 0 aliphatic carbocycles. The van der Waals surface area contributed by atoms with E-state index in [4.69, 9.17) is 14.6 Å². The van der Waals surface area contributed by atoms with Gasteiger partial charge in [-0.3, -0.25) is 0 Å². The van der Waals surface area contributed by atoms with Gasteiger partial charge in [-0.15, -0.1) is 0 Å². The van der Waals surface area contributed by atoms with Gasteiger partial charge >= 0.3 is 5.69 Å². The highest BCUT2D eigenvalue weighted by molar-refractivity contribution is 4.99. The van der Waals surface area contributed by atoms with Crippen LogP contribution in [0.2, 0.25) is 0 Å². The Morgan fingerprint density at radius 2 is 2.22 bits per heavy atom. The Morgan fingerprint density at radius 3 is 2.72 bits per heavy atom. The van der Waals surface area contributed by atoms with Crippen molar-refractivity contribution >= 4 is 0 Å². The molecule has 1 aliphatic rings. The molecule has 100 valence electrons. The van der Waals surface area contributed by atoms with Crippen molar-refractivity contribution in [3.63, 3.8) is 0 Å². The number of ether oxygens (including phenoxy) is 2. The lowest BCUT2D eigenvalue weighted by Crippen LogP contribution is -2.37. The minimum absolute atomic E-state index is 0.0305. The standard InChI is InChI=1S/C9H13N3O6/c1-17-5-2-10-12(9(16)11-5)8-7(15)6(14)4(3-13)18-8/h2,4,6-8,13-15H,3H2,1H3/t4-,6-,7-,8-/m1/s1. The van der Waals surface area contributed by atoms with Gasteiger partial charge in [0, 0.05) is 0 Å². The molecule has 0 spiro atoms. The molecule has 0 amide bonds. The molecule has 0 unspecified atom stereocenters. The van der Waals surface area contributed by atoms with E-state index in [2.05, 4.69) is 10.1 Å². The number of methoxy groups -OCH3 is 1. The molecule has 3 N–H and O–H groups in total. The van der Waals surface area contributed by atoms with Crippen molar-refractivity contribution in [2.24, 2.45) is 0 Å². The van der Waals surface area contributed by atoms with Crippen LogP contribution in [0.3, 0.4) is 0 Å². The molecule has 1 aliphatic heterocycles. The minimum Gasteiger partial charge on any atom is -0.480 e. The van der Waals surface area contributed by atoms with Gasteiger partial charge < -0.3 is 24.8 Å². The van der Waals surface area contributed by atoms with Crippen LogP contribution in [0, 0.1) is 0 Å². The number of aliphatic hydroxyl groups is 3. The molecule has 0 bridgehead atoms. The highest BCUT2D eigenvalue weighted by Gasteiger charge is 2.44. The zero-order chi connectivity index (χ0) is 13.3. The second-order valence-corrected chi connectivity index (χ2v) is 3.75. The lowest BCUT2D eigenvalue weighted by Gasteiger charge is -2.15. The molecule has 1 aromatic heterocycles. The van der Waals surface area contributed by atoms with Crippen LogP contribution in [0.4, 0.5) is 0 Å². The largest absolute Gasteiger partial charge is 0.480 e. The third-order valence-electron chi connectivity index (χ3n) is 2.66. The third kappa shape index (κ3) is 2.08. The van der Waals surface area contributed by atoms with E-state index in [1.54, 1.807) is 0 Å². The van der Waals surface area contributed by atoms with Crippen LogP contribution in [-0.4, -0.2) is 62.1 Å². The maximum Gasteiger partial charge on any atom is 0.369 e. The Bertz CT molecular complexity index is 478. The van der Waals surface area contributed by atoms with E-state index in [9.17, 15) is 15.0 Å². The lowest BCUT2D eigenvalue weighted by molar-refractivity contribution is -0.0619. The molecule has 18 heavy (non-hydrogen) atoms. The summed E-state index contributed by atoms with van der Waals surface area (Å²) in [5.41, 5.74) is -0.788. The number of hydrogen-bond acceptors (Lipinski definition) is 8. The summed E-state index contributed by atoms with van der Waals surface area (Å²) in [5, 5.41) is 31.9. The molecule has 2 heterocycles. The molecule has 1 fully saturated rings. The first kappa shape index (κ1) is 12.9. The van der Waals surface area contributed by atoms with Crippen molar-refractivity contribution in [3.8, 4) is 5.88 Å². The van der Waals surface area contributed by atoms with E-state index in [1.165, 1.54) is 13.3 Å². The summed E-state index contributed by atoms with van der Waals surface area (Å²) < 4.78 is 10.7. The summed E-state index contributed by atoms with van der Waals surface area (Å²) in [6, 6.07) is 0. The van der Waals surface area contributed by atoms with Crippen molar-refractivity contribution in [2.75, 3.05) is 13.7 Å². The smallest absolute Gasteiger partial charge is 0.369 e. The second kappa shape index (κ2) is 4.98. The van der Waals surface area contributed by atoms with Gasteiger partial charge in [0.15, 0.2) is 6.23 Å². The van der Waals surface area contributed by atoms with Gasteiger partial charge in [-0.2, -0.15) is 14.8 Å². The summed E-state index contributed by atoms with van der Waals surface area (Å²) >= 11 is 0. The molecule has 9 heteroatoms. The van der Waals surface area contributed by atoms with Crippen molar-refractivity contribution in [1.29, 1.82) is 0 Å². The number of hydrogen-bond donors (Lipinski definition) is 3. The Kier molecular flexibility index (Phi) is 3.57. The Morgan fingerprint density at radius 1 is 1.50 bits per heavy atom. The topological polar surface area (TPSA) is 127 Å². The average Bonchev–Trinajstić information content (AvgIpc) is 2.66. The molecule has 0 aromatic carbocycles. The second-order valence-electron chi connectivity index (χ2n) is 3.75. The summed E-state index contributed by atoms with van der Waals surface area (Å²) in [5.74, 6) is 0.0305. The average molecular weight is 259 g/mol. The van der Waals surface area contributed by atoms with Crippen LogP contribution in [-0.2, 0) is 4.74 Å².